The van der Waals surface area contributed by atoms with Gasteiger partial charge in [-0.25, -0.2) is 14.4 Å². The van der Waals surface area contributed by atoms with E-state index in [1.807, 2.05) is 30.3 Å². The highest BCUT2D eigenvalue weighted by Crippen LogP contribution is 2.27. The number of nitrogens with zero attached hydrogens (tertiary/aromatic N) is 1. The summed E-state index contributed by atoms with van der Waals surface area (Å²) in [6.07, 6.45) is -0.693. The first-order valence-corrected chi connectivity index (χ1v) is 9.41. The van der Waals surface area contributed by atoms with Gasteiger partial charge >= 0.3 is 18.1 Å². The molecule has 2 rings (SSSR count). The van der Waals surface area contributed by atoms with Gasteiger partial charge in [-0.05, 0) is 51.0 Å². The van der Waals surface area contributed by atoms with E-state index in [2.05, 4.69) is 10.6 Å². The first-order valence-electron chi connectivity index (χ1n) is 9.41. The SMILES string of the molecule is Cc1c(NC(=O)OC(C)(C)C)ccc(NC(=O)N(C)Cc2ccccc2)c1C(=O)O. The monoisotopic (exact) mass is 413 g/mol. The Morgan fingerprint density at radius 1 is 1.00 bits per heavy atom. The molecule has 0 fully saturated rings. The normalized spacial score (nSPS) is 10.8. The van der Waals surface area contributed by atoms with Crippen LogP contribution in [0.25, 0.3) is 0 Å². The Hall–Kier alpha value is -3.55. The smallest absolute Gasteiger partial charge is 0.412 e. The van der Waals surface area contributed by atoms with Crippen molar-refractivity contribution in [2.24, 2.45) is 0 Å². The minimum absolute atomic E-state index is 0.106. The summed E-state index contributed by atoms with van der Waals surface area (Å²) in [7, 11) is 1.62. The van der Waals surface area contributed by atoms with Gasteiger partial charge in [0.15, 0.2) is 0 Å². The maximum atomic E-state index is 12.6. The van der Waals surface area contributed by atoms with Crippen LogP contribution in [0, 0.1) is 6.92 Å². The van der Waals surface area contributed by atoms with Crippen molar-refractivity contribution in [1.82, 2.24) is 4.90 Å². The molecule has 0 aromatic heterocycles. The molecule has 3 amide bonds. The number of ether oxygens (including phenoxy) is 1. The minimum atomic E-state index is -1.22. The molecule has 160 valence electrons. The third-order valence-electron chi connectivity index (χ3n) is 4.17. The van der Waals surface area contributed by atoms with Crippen LogP contribution in [0.2, 0.25) is 0 Å². The molecule has 0 aliphatic rings. The van der Waals surface area contributed by atoms with Gasteiger partial charge in [-0.2, -0.15) is 0 Å². The number of nitrogens with one attached hydrogen (secondary N) is 2. The molecule has 30 heavy (non-hydrogen) atoms. The van der Waals surface area contributed by atoms with Crippen LogP contribution in [0.4, 0.5) is 21.0 Å². The van der Waals surface area contributed by atoms with Gasteiger partial charge in [-0.3, -0.25) is 5.32 Å². The molecule has 8 heteroatoms. The quantitative estimate of drug-likeness (QED) is 0.658. The van der Waals surface area contributed by atoms with Gasteiger partial charge in [0.25, 0.3) is 0 Å². The fourth-order valence-electron chi connectivity index (χ4n) is 2.78. The van der Waals surface area contributed by atoms with Gasteiger partial charge in [0.2, 0.25) is 0 Å². The van der Waals surface area contributed by atoms with Crippen molar-refractivity contribution < 1.29 is 24.2 Å². The van der Waals surface area contributed by atoms with E-state index in [1.165, 1.54) is 17.0 Å². The van der Waals surface area contributed by atoms with Crippen molar-refractivity contribution in [3.8, 4) is 0 Å². The van der Waals surface area contributed by atoms with E-state index < -0.39 is 23.7 Å². The molecule has 2 aromatic carbocycles. The van der Waals surface area contributed by atoms with Crippen LogP contribution < -0.4 is 10.6 Å². The molecule has 2 aromatic rings. The lowest BCUT2D eigenvalue weighted by Crippen LogP contribution is -2.31. The lowest BCUT2D eigenvalue weighted by molar-refractivity contribution is 0.0632. The van der Waals surface area contributed by atoms with Gasteiger partial charge < -0.3 is 20.1 Å². The predicted molar refractivity (Wildman–Crippen MR) is 115 cm³/mol. The molecule has 0 saturated heterocycles. The second-order valence-electron chi connectivity index (χ2n) is 7.86. The molecule has 0 aliphatic heterocycles. The van der Waals surface area contributed by atoms with Gasteiger partial charge in [0.1, 0.15) is 5.60 Å². The molecule has 3 N–H and O–H groups in total. The van der Waals surface area contributed by atoms with Crippen LogP contribution in [0.15, 0.2) is 42.5 Å². The first-order chi connectivity index (χ1) is 14.0. The zero-order valence-electron chi connectivity index (χ0n) is 17.8. The summed E-state index contributed by atoms with van der Waals surface area (Å²) in [5.74, 6) is -1.22. The number of aromatic carboxylic acids is 1. The number of carboxylic acids is 1. The molecule has 8 nitrogen and oxygen atoms in total. The number of amides is 3. The second-order valence-corrected chi connectivity index (χ2v) is 7.86. The summed E-state index contributed by atoms with van der Waals surface area (Å²) >= 11 is 0. The summed E-state index contributed by atoms with van der Waals surface area (Å²) in [5, 5.41) is 14.9. The highest BCUT2D eigenvalue weighted by Gasteiger charge is 2.22. The summed E-state index contributed by atoms with van der Waals surface area (Å²) in [4.78, 5) is 37.9. The number of rotatable bonds is 5. The molecule has 0 heterocycles. The van der Waals surface area contributed by atoms with Crippen molar-refractivity contribution in [3.63, 3.8) is 0 Å². The number of hydrogen-bond donors (Lipinski definition) is 3. The van der Waals surface area contributed by atoms with Gasteiger partial charge in [-0.15, -0.1) is 0 Å². The Kier molecular flexibility index (Phi) is 7.05. The van der Waals surface area contributed by atoms with E-state index >= 15 is 0 Å². The Bertz CT molecular complexity index is 936. The average molecular weight is 413 g/mol. The number of hydrogen-bond acceptors (Lipinski definition) is 4. The van der Waals surface area contributed by atoms with E-state index in [0.29, 0.717) is 12.1 Å². The van der Waals surface area contributed by atoms with Crippen LogP contribution >= 0.6 is 0 Å². The zero-order chi connectivity index (χ0) is 22.5. The Balaban J connectivity index is 2.20. The fourth-order valence-corrected chi connectivity index (χ4v) is 2.78. The number of carbonyl (C=O) groups is 3. The van der Waals surface area contributed by atoms with Crippen molar-refractivity contribution in [1.29, 1.82) is 0 Å². The fraction of sp³-hybridized carbons (Fsp3) is 0.318. The number of urea groups is 1. The predicted octanol–water partition coefficient (Wildman–Crippen LogP) is 4.70. The molecular weight excluding hydrogens is 386 g/mol. The number of carbonyl (C=O) groups excluding carboxylic acids is 2. The van der Waals surface area contributed by atoms with E-state index in [-0.39, 0.29) is 16.9 Å². The van der Waals surface area contributed by atoms with Gasteiger partial charge in [-0.1, -0.05) is 30.3 Å². The van der Waals surface area contributed by atoms with E-state index in [0.717, 1.165) is 5.56 Å². The molecule has 0 atom stereocenters. The van der Waals surface area contributed by atoms with E-state index in [9.17, 15) is 19.5 Å². The molecule has 0 saturated carbocycles. The Morgan fingerprint density at radius 2 is 1.60 bits per heavy atom. The lowest BCUT2D eigenvalue weighted by atomic mass is 10.0. The molecule has 0 aliphatic carbocycles. The minimum Gasteiger partial charge on any atom is -0.478 e. The summed E-state index contributed by atoms with van der Waals surface area (Å²) in [5.41, 5.74) is 0.880. The van der Waals surface area contributed by atoms with E-state index in [1.54, 1.807) is 34.7 Å². The van der Waals surface area contributed by atoms with Crippen molar-refractivity contribution in [2.45, 2.75) is 39.8 Å². The average Bonchev–Trinajstić information content (AvgIpc) is 2.63. The van der Waals surface area contributed by atoms with Crippen LogP contribution in [0.3, 0.4) is 0 Å². The third kappa shape index (κ3) is 6.23. The maximum Gasteiger partial charge on any atom is 0.412 e. The van der Waals surface area contributed by atoms with Crippen LogP contribution in [-0.2, 0) is 11.3 Å². The standard InChI is InChI=1S/C22H27N3O5/c1-14-16(24-21(29)30-22(2,3)4)11-12-17(18(14)19(26)27)23-20(28)25(5)13-15-9-7-6-8-10-15/h6-12H,13H2,1-5H3,(H,23,28)(H,24,29)(H,26,27). The molecule has 0 radical (unpaired) electrons. The second kappa shape index (κ2) is 9.30. The van der Waals surface area contributed by atoms with Gasteiger partial charge in [0, 0.05) is 19.3 Å². The Labute approximate surface area is 175 Å². The van der Waals surface area contributed by atoms with Crippen molar-refractivity contribution >= 4 is 29.5 Å². The summed E-state index contributed by atoms with van der Waals surface area (Å²) in [6, 6.07) is 12.0. The summed E-state index contributed by atoms with van der Waals surface area (Å²) in [6.45, 7) is 7.11. The van der Waals surface area contributed by atoms with E-state index in [4.69, 9.17) is 4.74 Å². The zero-order valence-corrected chi connectivity index (χ0v) is 17.8. The van der Waals surface area contributed by atoms with Crippen molar-refractivity contribution in [3.05, 3.63) is 59.2 Å². The van der Waals surface area contributed by atoms with Crippen LogP contribution in [-0.4, -0.2) is 40.7 Å². The lowest BCUT2D eigenvalue weighted by Gasteiger charge is -2.22. The molecule has 0 unspecified atom stereocenters. The van der Waals surface area contributed by atoms with Crippen molar-refractivity contribution in [2.75, 3.05) is 17.7 Å². The summed E-state index contributed by atoms with van der Waals surface area (Å²) < 4.78 is 5.21. The maximum absolute atomic E-state index is 12.6. The number of carboxylic acid groups (broad SMARTS) is 1. The topological polar surface area (TPSA) is 108 Å². The van der Waals surface area contributed by atoms with Gasteiger partial charge in [0.05, 0.1) is 11.3 Å². The first kappa shape index (κ1) is 22.7. The molecular formula is C22H27N3O5. The Morgan fingerprint density at radius 3 is 2.17 bits per heavy atom. The number of benzene rings is 2. The highest BCUT2D eigenvalue weighted by molar-refractivity contribution is 6.03. The van der Waals surface area contributed by atoms with Crippen LogP contribution in [0.1, 0.15) is 42.3 Å². The number of anilines is 2. The third-order valence-corrected chi connectivity index (χ3v) is 4.17. The van der Waals surface area contributed by atoms with Crippen LogP contribution in [0.5, 0.6) is 0 Å². The molecule has 0 bridgehead atoms. The highest BCUT2D eigenvalue weighted by atomic mass is 16.6. The largest absolute Gasteiger partial charge is 0.478 e. The molecule has 0 spiro atoms.